The van der Waals surface area contributed by atoms with Crippen molar-refractivity contribution in [3.63, 3.8) is 0 Å². The normalized spacial score (nSPS) is 27.5. The van der Waals surface area contributed by atoms with E-state index < -0.39 is 0 Å². The molecule has 19 heavy (non-hydrogen) atoms. The van der Waals surface area contributed by atoms with Gasteiger partial charge in [-0.25, -0.2) is 0 Å². The third-order valence-electron chi connectivity index (χ3n) is 4.20. The summed E-state index contributed by atoms with van der Waals surface area (Å²) in [5.41, 5.74) is 2.76. The highest BCUT2D eigenvalue weighted by molar-refractivity contribution is 5.31. The van der Waals surface area contributed by atoms with Crippen molar-refractivity contribution in [2.45, 2.75) is 25.4 Å². The lowest BCUT2D eigenvalue weighted by Gasteiger charge is -2.34. The molecule has 1 fully saturated rings. The van der Waals surface area contributed by atoms with Gasteiger partial charge in [0, 0.05) is 13.1 Å². The molecular formula is C16H20N2O. The topological polar surface area (TPSA) is 36.3 Å². The fourth-order valence-electron chi connectivity index (χ4n) is 3.19. The fraction of sp³-hybridized carbons (Fsp3) is 0.562. The van der Waals surface area contributed by atoms with Crippen LogP contribution in [0.1, 0.15) is 30.1 Å². The Kier molecular flexibility index (Phi) is 3.82. The molecule has 100 valence electrons. The Bertz CT molecular complexity index is 480. The van der Waals surface area contributed by atoms with Crippen LogP contribution in [-0.2, 0) is 11.2 Å². The van der Waals surface area contributed by atoms with E-state index in [-0.39, 0.29) is 12.0 Å². The van der Waals surface area contributed by atoms with Crippen molar-refractivity contribution in [2.24, 2.45) is 5.92 Å². The number of piperidine rings is 1. The number of rotatable bonds is 2. The smallest absolute Gasteiger partial charge is 0.0954 e. The highest BCUT2D eigenvalue weighted by atomic mass is 16.5. The van der Waals surface area contributed by atoms with Crippen LogP contribution in [0.15, 0.2) is 24.3 Å². The Morgan fingerprint density at radius 3 is 3.16 bits per heavy atom. The summed E-state index contributed by atoms with van der Waals surface area (Å²) >= 11 is 0. The van der Waals surface area contributed by atoms with Crippen LogP contribution in [0.5, 0.6) is 0 Å². The third kappa shape index (κ3) is 2.80. The SMILES string of the molecule is N#CC1CCCN(CC2OCCc3ccccc32)C1. The van der Waals surface area contributed by atoms with Crippen molar-refractivity contribution in [1.82, 2.24) is 4.90 Å². The lowest BCUT2D eigenvalue weighted by Crippen LogP contribution is -2.39. The molecule has 0 radical (unpaired) electrons. The number of ether oxygens (including phenoxy) is 1. The lowest BCUT2D eigenvalue weighted by atomic mass is 9.95. The fourth-order valence-corrected chi connectivity index (χ4v) is 3.19. The van der Waals surface area contributed by atoms with Gasteiger partial charge in [-0.05, 0) is 36.9 Å². The van der Waals surface area contributed by atoms with Crippen molar-refractivity contribution in [2.75, 3.05) is 26.2 Å². The van der Waals surface area contributed by atoms with Gasteiger partial charge in [-0.1, -0.05) is 24.3 Å². The molecule has 2 heterocycles. The van der Waals surface area contributed by atoms with Gasteiger partial charge in [0.25, 0.3) is 0 Å². The Morgan fingerprint density at radius 2 is 2.26 bits per heavy atom. The second-order valence-corrected chi connectivity index (χ2v) is 5.54. The van der Waals surface area contributed by atoms with Gasteiger partial charge in [0.2, 0.25) is 0 Å². The summed E-state index contributed by atoms with van der Waals surface area (Å²) in [7, 11) is 0. The van der Waals surface area contributed by atoms with Crippen molar-refractivity contribution in [1.29, 1.82) is 5.26 Å². The van der Waals surface area contributed by atoms with E-state index in [4.69, 9.17) is 10.00 Å². The largest absolute Gasteiger partial charge is 0.372 e. The third-order valence-corrected chi connectivity index (χ3v) is 4.20. The number of hydrogen-bond donors (Lipinski definition) is 0. The second-order valence-electron chi connectivity index (χ2n) is 5.54. The second kappa shape index (κ2) is 5.73. The Hall–Kier alpha value is -1.37. The van der Waals surface area contributed by atoms with Gasteiger partial charge in [-0.2, -0.15) is 5.26 Å². The zero-order chi connectivity index (χ0) is 13.1. The van der Waals surface area contributed by atoms with Gasteiger partial charge in [0.05, 0.1) is 24.7 Å². The van der Waals surface area contributed by atoms with Gasteiger partial charge in [-0.3, -0.25) is 4.90 Å². The summed E-state index contributed by atoms with van der Waals surface area (Å²) in [5, 5.41) is 9.06. The van der Waals surface area contributed by atoms with Crippen molar-refractivity contribution in [3.8, 4) is 6.07 Å². The van der Waals surface area contributed by atoms with Crippen LogP contribution in [0.25, 0.3) is 0 Å². The molecule has 3 nitrogen and oxygen atoms in total. The summed E-state index contributed by atoms with van der Waals surface area (Å²) < 4.78 is 5.95. The van der Waals surface area contributed by atoms with Crippen LogP contribution >= 0.6 is 0 Å². The molecule has 0 amide bonds. The predicted molar refractivity (Wildman–Crippen MR) is 73.6 cm³/mol. The number of hydrogen-bond acceptors (Lipinski definition) is 3. The summed E-state index contributed by atoms with van der Waals surface area (Å²) in [4.78, 5) is 2.39. The van der Waals surface area contributed by atoms with Crippen LogP contribution in [0, 0.1) is 17.2 Å². The van der Waals surface area contributed by atoms with Crippen LogP contribution in [-0.4, -0.2) is 31.1 Å². The van der Waals surface area contributed by atoms with Gasteiger partial charge in [-0.15, -0.1) is 0 Å². The summed E-state index contributed by atoms with van der Waals surface area (Å²) in [5.74, 6) is 0.201. The van der Waals surface area contributed by atoms with Crippen molar-refractivity contribution < 1.29 is 4.74 Å². The van der Waals surface area contributed by atoms with Crippen LogP contribution in [0.4, 0.5) is 0 Å². The molecule has 1 aromatic rings. The molecule has 0 aromatic heterocycles. The van der Waals surface area contributed by atoms with Crippen LogP contribution < -0.4 is 0 Å². The molecule has 0 N–H and O–H groups in total. The maximum atomic E-state index is 9.06. The molecule has 0 bridgehead atoms. The molecule has 2 atom stereocenters. The minimum Gasteiger partial charge on any atom is -0.372 e. The first-order valence-corrected chi connectivity index (χ1v) is 7.18. The highest BCUT2D eigenvalue weighted by Crippen LogP contribution is 2.28. The number of nitrogens with zero attached hydrogens (tertiary/aromatic N) is 2. The number of fused-ring (bicyclic) bond motifs is 1. The molecule has 0 saturated carbocycles. The first kappa shape index (κ1) is 12.7. The molecule has 3 rings (SSSR count). The first-order chi connectivity index (χ1) is 9.36. The van der Waals surface area contributed by atoms with E-state index in [2.05, 4.69) is 35.2 Å². The summed E-state index contributed by atoms with van der Waals surface area (Å²) in [6, 6.07) is 11.0. The average molecular weight is 256 g/mol. The van der Waals surface area contributed by atoms with Gasteiger partial charge in [0.1, 0.15) is 0 Å². The minimum atomic E-state index is 0.183. The molecule has 2 aliphatic heterocycles. The molecule has 2 aliphatic rings. The van der Waals surface area contributed by atoms with Gasteiger partial charge < -0.3 is 4.74 Å². The Labute approximate surface area is 114 Å². The monoisotopic (exact) mass is 256 g/mol. The van der Waals surface area contributed by atoms with Crippen molar-refractivity contribution in [3.05, 3.63) is 35.4 Å². The van der Waals surface area contributed by atoms with E-state index in [1.807, 2.05) is 0 Å². The number of likely N-dealkylation sites (tertiary alicyclic amines) is 1. The molecule has 1 aromatic carbocycles. The Morgan fingerprint density at radius 1 is 1.37 bits per heavy atom. The minimum absolute atomic E-state index is 0.183. The van der Waals surface area contributed by atoms with Crippen LogP contribution in [0.3, 0.4) is 0 Å². The lowest BCUT2D eigenvalue weighted by molar-refractivity contribution is 0.00929. The quantitative estimate of drug-likeness (QED) is 0.816. The molecule has 1 saturated heterocycles. The van der Waals surface area contributed by atoms with Gasteiger partial charge in [0.15, 0.2) is 0 Å². The highest BCUT2D eigenvalue weighted by Gasteiger charge is 2.26. The zero-order valence-electron chi connectivity index (χ0n) is 11.2. The summed E-state index contributed by atoms with van der Waals surface area (Å²) in [6.45, 7) is 3.74. The molecule has 0 aliphatic carbocycles. The first-order valence-electron chi connectivity index (χ1n) is 7.18. The average Bonchev–Trinajstić information content (AvgIpc) is 2.48. The van der Waals surface area contributed by atoms with E-state index >= 15 is 0 Å². The summed E-state index contributed by atoms with van der Waals surface area (Å²) in [6.07, 6.45) is 3.39. The number of benzene rings is 1. The molecule has 2 unspecified atom stereocenters. The van der Waals surface area contributed by atoms with E-state index in [0.29, 0.717) is 0 Å². The standard InChI is InChI=1S/C16H20N2O/c17-10-13-4-3-8-18(11-13)12-16-15-6-2-1-5-14(15)7-9-19-16/h1-2,5-6,13,16H,3-4,7-9,11-12H2. The maximum absolute atomic E-state index is 9.06. The molecular weight excluding hydrogens is 236 g/mol. The van der Waals surface area contributed by atoms with Crippen LogP contribution in [0.2, 0.25) is 0 Å². The van der Waals surface area contributed by atoms with E-state index in [0.717, 1.165) is 45.5 Å². The van der Waals surface area contributed by atoms with Crippen molar-refractivity contribution >= 4 is 0 Å². The molecule has 3 heteroatoms. The zero-order valence-corrected chi connectivity index (χ0v) is 11.2. The number of nitriles is 1. The van der Waals surface area contributed by atoms with E-state index in [1.54, 1.807) is 0 Å². The maximum Gasteiger partial charge on any atom is 0.0954 e. The van der Waals surface area contributed by atoms with Gasteiger partial charge >= 0.3 is 0 Å². The molecule has 0 spiro atoms. The van der Waals surface area contributed by atoms with E-state index in [9.17, 15) is 0 Å². The Balaban J connectivity index is 1.69. The van der Waals surface area contributed by atoms with E-state index in [1.165, 1.54) is 11.1 Å². The predicted octanol–water partition coefficient (Wildman–Crippen LogP) is 2.54.